The summed E-state index contributed by atoms with van der Waals surface area (Å²) in [7, 11) is 0. The molecule has 1 fully saturated rings. The van der Waals surface area contributed by atoms with Crippen LogP contribution in [0, 0.1) is 0 Å². The van der Waals surface area contributed by atoms with Crippen molar-refractivity contribution in [1.82, 2.24) is 14.9 Å². The standard InChI is InChI=1S/C20H27N3O2S2/c1-3-11-23-19(25)16-14-9-6-10-15(14)27-18(16)22-20(23)26-12(2)17(24)21-13-7-4-5-8-13/h12-13H,3-11H2,1-2H3,(H,21,24). The Balaban J connectivity index is 1.63. The van der Waals surface area contributed by atoms with Gasteiger partial charge in [-0.3, -0.25) is 14.2 Å². The topological polar surface area (TPSA) is 64.0 Å². The van der Waals surface area contributed by atoms with Crippen LogP contribution in [-0.4, -0.2) is 26.8 Å². The Kier molecular flexibility index (Phi) is 5.60. The number of carbonyl (C=O) groups is 1. The van der Waals surface area contributed by atoms with Gasteiger partial charge in [0.05, 0.1) is 10.6 Å². The second-order valence-electron chi connectivity index (χ2n) is 7.64. The predicted octanol–water partition coefficient (Wildman–Crippen LogP) is 3.90. The normalized spacial score (nSPS) is 18.1. The van der Waals surface area contributed by atoms with Gasteiger partial charge < -0.3 is 5.32 Å². The average molecular weight is 406 g/mol. The summed E-state index contributed by atoms with van der Waals surface area (Å²) in [6, 6.07) is 0.314. The monoisotopic (exact) mass is 405 g/mol. The number of aromatic nitrogens is 2. The zero-order valence-electron chi connectivity index (χ0n) is 16.0. The Hall–Kier alpha value is -1.34. The summed E-state index contributed by atoms with van der Waals surface area (Å²) in [5.41, 5.74) is 1.30. The van der Waals surface area contributed by atoms with Gasteiger partial charge in [-0.2, -0.15) is 0 Å². The number of nitrogens with one attached hydrogen (secondary N) is 1. The van der Waals surface area contributed by atoms with E-state index in [0.717, 1.165) is 48.7 Å². The number of thioether (sulfide) groups is 1. The second kappa shape index (κ2) is 7.95. The van der Waals surface area contributed by atoms with Crippen LogP contribution in [0.5, 0.6) is 0 Å². The van der Waals surface area contributed by atoms with Gasteiger partial charge in [0.1, 0.15) is 4.83 Å². The molecule has 0 saturated heterocycles. The first kappa shape index (κ1) is 19.0. The third-order valence-corrected chi connectivity index (χ3v) is 7.87. The molecule has 2 aliphatic rings. The number of amides is 1. The molecular formula is C20H27N3O2S2. The number of fused-ring (bicyclic) bond motifs is 3. The molecule has 1 atom stereocenters. The first-order valence-electron chi connectivity index (χ1n) is 10.1. The van der Waals surface area contributed by atoms with Gasteiger partial charge in [0, 0.05) is 17.5 Å². The van der Waals surface area contributed by atoms with Crippen molar-refractivity contribution in [3.63, 3.8) is 0 Å². The van der Waals surface area contributed by atoms with Crippen LogP contribution in [0.2, 0.25) is 0 Å². The first-order valence-corrected chi connectivity index (χ1v) is 11.8. The van der Waals surface area contributed by atoms with E-state index in [4.69, 9.17) is 4.98 Å². The highest BCUT2D eigenvalue weighted by atomic mass is 32.2. The number of hydrogen-bond donors (Lipinski definition) is 1. The van der Waals surface area contributed by atoms with Crippen molar-refractivity contribution >= 4 is 39.2 Å². The van der Waals surface area contributed by atoms with E-state index in [1.807, 2.05) is 6.92 Å². The Labute approximate surface area is 167 Å². The number of nitrogens with zero attached hydrogens (tertiary/aromatic N) is 2. The van der Waals surface area contributed by atoms with Crippen molar-refractivity contribution in [2.24, 2.45) is 0 Å². The van der Waals surface area contributed by atoms with E-state index in [1.165, 1.54) is 35.0 Å². The molecule has 4 rings (SSSR count). The van der Waals surface area contributed by atoms with Gasteiger partial charge in [-0.25, -0.2) is 4.98 Å². The summed E-state index contributed by atoms with van der Waals surface area (Å²) in [5, 5.41) is 4.41. The number of rotatable bonds is 6. The van der Waals surface area contributed by atoms with E-state index < -0.39 is 0 Å². The molecular weight excluding hydrogens is 378 g/mol. The van der Waals surface area contributed by atoms with E-state index in [0.29, 0.717) is 17.7 Å². The zero-order chi connectivity index (χ0) is 19.0. The van der Waals surface area contributed by atoms with E-state index in [-0.39, 0.29) is 16.7 Å². The summed E-state index contributed by atoms with van der Waals surface area (Å²) in [4.78, 5) is 32.8. The minimum atomic E-state index is -0.259. The summed E-state index contributed by atoms with van der Waals surface area (Å²) in [6.45, 7) is 4.63. The first-order chi connectivity index (χ1) is 13.1. The quantitative estimate of drug-likeness (QED) is 0.585. The lowest BCUT2D eigenvalue weighted by molar-refractivity contribution is -0.120. The van der Waals surface area contributed by atoms with Crippen molar-refractivity contribution in [1.29, 1.82) is 0 Å². The molecule has 5 nitrogen and oxygen atoms in total. The summed E-state index contributed by atoms with van der Waals surface area (Å²) >= 11 is 3.08. The van der Waals surface area contributed by atoms with Crippen molar-refractivity contribution < 1.29 is 4.79 Å². The molecule has 2 heterocycles. The van der Waals surface area contributed by atoms with Crippen LogP contribution < -0.4 is 10.9 Å². The minimum Gasteiger partial charge on any atom is -0.352 e. The molecule has 2 aromatic rings. The fraction of sp³-hybridized carbons (Fsp3) is 0.650. The van der Waals surface area contributed by atoms with Gasteiger partial charge in [-0.15, -0.1) is 11.3 Å². The Morgan fingerprint density at radius 3 is 2.85 bits per heavy atom. The van der Waals surface area contributed by atoms with Gasteiger partial charge in [-0.05, 0) is 51.0 Å². The molecule has 1 amide bonds. The summed E-state index contributed by atoms with van der Waals surface area (Å²) in [6.07, 6.45) is 8.61. The SMILES string of the molecule is CCCn1c(SC(C)C(=O)NC2CCCC2)nc2sc3c(c2c1=O)CCC3. The van der Waals surface area contributed by atoms with Gasteiger partial charge in [0.15, 0.2) is 5.16 Å². The van der Waals surface area contributed by atoms with Crippen LogP contribution in [0.3, 0.4) is 0 Å². The van der Waals surface area contributed by atoms with Crippen LogP contribution in [0.25, 0.3) is 10.2 Å². The maximum Gasteiger partial charge on any atom is 0.263 e. The van der Waals surface area contributed by atoms with Crippen molar-refractivity contribution in [2.45, 2.75) is 88.2 Å². The van der Waals surface area contributed by atoms with Crippen molar-refractivity contribution in [3.05, 3.63) is 20.8 Å². The molecule has 1 unspecified atom stereocenters. The minimum absolute atomic E-state index is 0.0537. The van der Waals surface area contributed by atoms with Crippen LogP contribution in [-0.2, 0) is 24.2 Å². The third-order valence-electron chi connectivity index (χ3n) is 5.59. The molecule has 27 heavy (non-hydrogen) atoms. The lowest BCUT2D eigenvalue weighted by Gasteiger charge is -2.18. The molecule has 146 valence electrons. The molecule has 0 spiro atoms. The van der Waals surface area contributed by atoms with Gasteiger partial charge in [0.25, 0.3) is 5.56 Å². The molecule has 0 aromatic carbocycles. The molecule has 0 radical (unpaired) electrons. The molecule has 1 saturated carbocycles. The molecule has 7 heteroatoms. The Morgan fingerprint density at radius 1 is 1.33 bits per heavy atom. The van der Waals surface area contributed by atoms with E-state index in [2.05, 4.69) is 12.2 Å². The highest BCUT2D eigenvalue weighted by Crippen LogP contribution is 2.36. The van der Waals surface area contributed by atoms with Gasteiger partial charge >= 0.3 is 0 Å². The Morgan fingerprint density at radius 2 is 2.11 bits per heavy atom. The Bertz CT molecular complexity index is 912. The maximum absolute atomic E-state index is 13.2. The van der Waals surface area contributed by atoms with Crippen molar-refractivity contribution in [3.8, 4) is 0 Å². The lowest BCUT2D eigenvalue weighted by Crippen LogP contribution is -2.38. The molecule has 2 aromatic heterocycles. The molecule has 2 aliphatic carbocycles. The smallest absolute Gasteiger partial charge is 0.263 e. The van der Waals surface area contributed by atoms with Crippen molar-refractivity contribution in [2.75, 3.05) is 0 Å². The molecule has 0 aliphatic heterocycles. The summed E-state index contributed by atoms with van der Waals surface area (Å²) < 4.78 is 1.79. The highest BCUT2D eigenvalue weighted by Gasteiger charge is 2.26. The molecule has 0 bridgehead atoms. The van der Waals surface area contributed by atoms with E-state index >= 15 is 0 Å². The van der Waals surface area contributed by atoms with Crippen LogP contribution in [0.4, 0.5) is 0 Å². The fourth-order valence-electron chi connectivity index (χ4n) is 4.17. The third kappa shape index (κ3) is 3.68. The van der Waals surface area contributed by atoms with Crippen LogP contribution in [0.15, 0.2) is 9.95 Å². The molecule has 1 N–H and O–H groups in total. The predicted molar refractivity (Wildman–Crippen MR) is 112 cm³/mol. The van der Waals surface area contributed by atoms with Gasteiger partial charge in [-0.1, -0.05) is 31.5 Å². The summed E-state index contributed by atoms with van der Waals surface area (Å²) in [5.74, 6) is 0.0537. The zero-order valence-corrected chi connectivity index (χ0v) is 17.7. The van der Waals surface area contributed by atoms with E-state index in [9.17, 15) is 9.59 Å². The number of carbonyl (C=O) groups excluding carboxylic acids is 1. The lowest BCUT2D eigenvalue weighted by atomic mass is 10.2. The van der Waals surface area contributed by atoms with E-state index in [1.54, 1.807) is 15.9 Å². The number of aryl methyl sites for hydroxylation is 2. The number of hydrogen-bond acceptors (Lipinski definition) is 5. The van der Waals surface area contributed by atoms with Crippen LogP contribution in [0.1, 0.15) is 62.8 Å². The fourth-order valence-corrected chi connectivity index (χ4v) is 6.42. The maximum atomic E-state index is 13.2. The van der Waals surface area contributed by atoms with Crippen LogP contribution >= 0.6 is 23.1 Å². The highest BCUT2D eigenvalue weighted by molar-refractivity contribution is 8.00. The second-order valence-corrected chi connectivity index (χ2v) is 10.0. The van der Waals surface area contributed by atoms with Gasteiger partial charge in [0.2, 0.25) is 5.91 Å². The average Bonchev–Trinajstić information content (AvgIpc) is 3.35. The number of thiophene rings is 1. The largest absolute Gasteiger partial charge is 0.352 e.